The number of anilines is 1. The van der Waals surface area contributed by atoms with E-state index in [0.29, 0.717) is 5.88 Å². The summed E-state index contributed by atoms with van der Waals surface area (Å²) in [5, 5.41) is 1.18. The van der Waals surface area contributed by atoms with Crippen molar-refractivity contribution >= 4 is 28.3 Å². The van der Waals surface area contributed by atoms with Gasteiger partial charge in [-0.1, -0.05) is 25.1 Å². The molecular formula is C17H21ClN2. The fraction of sp³-hybridized carbons (Fsp3) is 0.471. The Balaban J connectivity index is 1.98. The molecule has 1 atom stereocenters. The molecule has 0 bridgehead atoms. The number of hydrogen-bond donors (Lipinski definition) is 0. The number of pyridine rings is 1. The van der Waals surface area contributed by atoms with Gasteiger partial charge in [0.25, 0.3) is 0 Å². The fourth-order valence-corrected chi connectivity index (χ4v) is 3.22. The number of nitrogens with zero attached hydrogens (tertiary/aromatic N) is 2. The Kier molecular flexibility index (Phi) is 4.11. The zero-order valence-electron chi connectivity index (χ0n) is 12.0. The van der Waals surface area contributed by atoms with Gasteiger partial charge in [-0.05, 0) is 42.9 Å². The summed E-state index contributed by atoms with van der Waals surface area (Å²) in [6, 6.07) is 10.4. The highest BCUT2D eigenvalue weighted by Crippen LogP contribution is 2.26. The molecule has 0 amide bonds. The van der Waals surface area contributed by atoms with Crippen molar-refractivity contribution in [2.24, 2.45) is 5.92 Å². The van der Waals surface area contributed by atoms with E-state index in [4.69, 9.17) is 16.6 Å². The first-order valence-corrected chi connectivity index (χ1v) is 8.01. The summed E-state index contributed by atoms with van der Waals surface area (Å²) in [5.41, 5.74) is 2.24. The molecule has 106 valence electrons. The van der Waals surface area contributed by atoms with Crippen molar-refractivity contribution in [3.05, 3.63) is 35.9 Å². The third-order valence-corrected chi connectivity index (χ3v) is 4.56. The summed E-state index contributed by atoms with van der Waals surface area (Å²) in [5.74, 6) is 2.46. The number of para-hydroxylation sites is 1. The topological polar surface area (TPSA) is 16.1 Å². The quantitative estimate of drug-likeness (QED) is 0.751. The summed E-state index contributed by atoms with van der Waals surface area (Å²) in [6.07, 6.45) is 3.84. The first-order valence-electron chi connectivity index (χ1n) is 7.47. The summed E-state index contributed by atoms with van der Waals surface area (Å²) in [7, 11) is 0. The van der Waals surface area contributed by atoms with E-state index in [1.165, 1.54) is 30.2 Å². The van der Waals surface area contributed by atoms with E-state index in [9.17, 15) is 0 Å². The van der Waals surface area contributed by atoms with Crippen molar-refractivity contribution in [1.82, 2.24) is 4.98 Å². The maximum Gasteiger partial charge on any atom is 0.129 e. The lowest BCUT2D eigenvalue weighted by Crippen LogP contribution is -2.25. The van der Waals surface area contributed by atoms with Crippen LogP contribution in [0, 0.1) is 5.92 Å². The second-order valence-electron chi connectivity index (χ2n) is 5.81. The molecule has 2 nitrogen and oxygen atoms in total. The van der Waals surface area contributed by atoms with Crippen LogP contribution >= 0.6 is 11.6 Å². The molecule has 1 aliphatic rings. The van der Waals surface area contributed by atoms with Crippen LogP contribution in [0.15, 0.2) is 30.3 Å². The second kappa shape index (κ2) is 6.01. The molecule has 3 rings (SSSR count). The molecule has 1 aromatic carbocycles. The van der Waals surface area contributed by atoms with Gasteiger partial charge in [0.2, 0.25) is 0 Å². The van der Waals surface area contributed by atoms with Crippen molar-refractivity contribution in [2.45, 2.75) is 32.1 Å². The highest BCUT2D eigenvalue weighted by molar-refractivity contribution is 6.18. The summed E-state index contributed by atoms with van der Waals surface area (Å²) in [6.45, 7) is 4.56. The summed E-state index contributed by atoms with van der Waals surface area (Å²) < 4.78 is 0. The maximum absolute atomic E-state index is 6.13. The van der Waals surface area contributed by atoms with Gasteiger partial charge in [-0.3, -0.25) is 0 Å². The van der Waals surface area contributed by atoms with Gasteiger partial charge in [0.05, 0.1) is 5.52 Å². The summed E-state index contributed by atoms with van der Waals surface area (Å²) >= 11 is 6.13. The van der Waals surface area contributed by atoms with Gasteiger partial charge < -0.3 is 4.90 Å². The first kappa shape index (κ1) is 13.7. The molecule has 0 spiro atoms. The molecule has 1 fully saturated rings. The molecule has 0 saturated carbocycles. The lowest BCUT2D eigenvalue weighted by Gasteiger charge is -2.22. The van der Waals surface area contributed by atoms with Crippen LogP contribution in [0.25, 0.3) is 10.9 Å². The molecule has 1 aliphatic heterocycles. The molecule has 2 heterocycles. The fourth-order valence-electron chi connectivity index (χ4n) is 3.00. The molecular weight excluding hydrogens is 268 g/mol. The van der Waals surface area contributed by atoms with E-state index >= 15 is 0 Å². The monoisotopic (exact) mass is 288 g/mol. The van der Waals surface area contributed by atoms with Gasteiger partial charge in [-0.15, -0.1) is 11.6 Å². The van der Waals surface area contributed by atoms with Gasteiger partial charge in [-0.25, -0.2) is 4.98 Å². The van der Waals surface area contributed by atoms with Crippen LogP contribution in [0.3, 0.4) is 0 Å². The highest BCUT2D eigenvalue weighted by Gasteiger charge is 2.16. The molecule has 2 aromatic rings. The Morgan fingerprint density at radius 3 is 2.95 bits per heavy atom. The number of halogens is 1. The Hall–Kier alpha value is -1.28. The highest BCUT2D eigenvalue weighted by atomic mass is 35.5. The molecule has 0 aliphatic carbocycles. The number of rotatable bonds is 2. The van der Waals surface area contributed by atoms with Crippen molar-refractivity contribution in [1.29, 1.82) is 0 Å². The largest absolute Gasteiger partial charge is 0.357 e. The van der Waals surface area contributed by atoms with Crippen LogP contribution in [-0.2, 0) is 5.88 Å². The van der Waals surface area contributed by atoms with Crippen LogP contribution in [0.1, 0.15) is 31.7 Å². The maximum atomic E-state index is 6.13. The summed E-state index contributed by atoms with van der Waals surface area (Å²) in [4.78, 5) is 7.26. The predicted molar refractivity (Wildman–Crippen MR) is 86.5 cm³/mol. The number of hydrogen-bond acceptors (Lipinski definition) is 2. The van der Waals surface area contributed by atoms with Crippen LogP contribution in [0.2, 0.25) is 0 Å². The van der Waals surface area contributed by atoms with Gasteiger partial charge in [0.1, 0.15) is 5.82 Å². The van der Waals surface area contributed by atoms with E-state index in [1.807, 2.05) is 12.1 Å². The zero-order chi connectivity index (χ0) is 13.9. The minimum absolute atomic E-state index is 0.542. The van der Waals surface area contributed by atoms with Crippen LogP contribution in [0.4, 0.5) is 5.82 Å². The third kappa shape index (κ3) is 2.76. The Morgan fingerprint density at radius 1 is 1.25 bits per heavy atom. The van der Waals surface area contributed by atoms with E-state index in [0.717, 1.165) is 30.3 Å². The molecule has 3 heteroatoms. The molecule has 0 radical (unpaired) electrons. The van der Waals surface area contributed by atoms with Crippen molar-refractivity contribution in [3.8, 4) is 0 Å². The average molecular weight is 289 g/mol. The van der Waals surface area contributed by atoms with Crippen molar-refractivity contribution in [2.75, 3.05) is 18.0 Å². The normalized spacial score (nSPS) is 20.1. The van der Waals surface area contributed by atoms with Gasteiger partial charge in [0.15, 0.2) is 0 Å². The molecule has 1 aromatic heterocycles. The Bertz CT molecular complexity index is 597. The number of aromatic nitrogens is 1. The molecule has 0 N–H and O–H groups in total. The molecule has 1 saturated heterocycles. The molecule has 20 heavy (non-hydrogen) atoms. The Labute approximate surface area is 125 Å². The second-order valence-corrected chi connectivity index (χ2v) is 6.08. The standard InChI is InChI=1S/C17H21ClN2/c1-13-5-4-9-20(10-8-13)17-11-14(12-18)15-6-2-3-7-16(15)19-17/h2-3,6-7,11,13H,4-5,8-10,12H2,1H3. The van der Waals surface area contributed by atoms with E-state index in [2.05, 4.69) is 30.0 Å². The van der Waals surface area contributed by atoms with Crippen molar-refractivity contribution < 1.29 is 0 Å². The van der Waals surface area contributed by atoms with Gasteiger partial charge >= 0.3 is 0 Å². The minimum atomic E-state index is 0.542. The first-order chi connectivity index (χ1) is 9.78. The average Bonchev–Trinajstić information content (AvgIpc) is 2.71. The Morgan fingerprint density at radius 2 is 2.10 bits per heavy atom. The third-order valence-electron chi connectivity index (χ3n) is 4.27. The van der Waals surface area contributed by atoms with E-state index < -0.39 is 0 Å². The van der Waals surface area contributed by atoms with E-state index in [-0.39, 0.29) is 0 Å². The van der Waals surface area contributed by atoms with Crippen molar-refractivity contribution in [3.63, 3.8) is 0 Å². The van der Waals surface area contributed by atoms with Gasteiger partial charge in [-0.2, -0.15) is 0 Å². The lowest BCUT2D eigenvalue weighted by molar-refractivity contribution is 0.521. The van der Waals surface area contributed by atoms with Crippen LogP contribution in [-0.4, -0.2) is 18.1 Å². The SMILES string of the molecule is CC1CCCN(c2cc(CCl)c3ccccc3n2)CC1. The van der Waals surface area contributed by atoms with Gasteiger partial charge in [0, 0.05) is 24.4 Å². The zero-order valence-corrected chi connectivity index (χ0v) is 12.7. The molecule has 1 unspecified atom stereocenters. The van der Waals surface area contributed by atoms with Crippen LogP contribution < -0.4 is 4.90 Å². The smallest absolute Gasteiger partial charge is 0.129 e. The number of fused-ring (bicyclic) bond motifs is 1. The van der Waals surface area contributed by atoms with E-state index in [1.54, 1.807) is 0 Å². The number of alkyl halides is 1. The minimum Gasteiger partial charge on any atom is -0.357 e. The number of benzene rings is 1. The van der Waals surface area contributed by atoms with Crippen LogP contribution in [0.5, 0.6) is 0 Å². The lowest BCUT2D eigenvalue weighted by atomic mass is 10.0. The predicted octanol–water partition coefficient (Wildman–Crippen LogP) is 4.60.